The molecular weight excluding hydrogens is 396 g/mol. The smallest absolute Gasteiger partial charge is 0.191 e. The molecule has 3 rings (SSSR count). The minimum atomic E-state index is 0.299. The minimum absolute atomic E-state index is 0.299. The van der Waals surface area contributed by atoms with E-state index in [-0.39, 0.29) is 0 Å². The monoisotopic (exact) mass is 422 g/mol. The van der Waals surface area contributed by atoms with E-state index in [9.17, 15) is 0 Å². The van der Waals surface area contributed by atoms with E-state index in [0.717, 1.165) is 50.1 Å². The van der Waals surface area contributed by atoms with Crippen LogP contribution in [0.5, 0.6) is 5.75 Å². The molecule has 2 heterocycles. The summed E-state index contributed by atoms with van der Waals surface area (Å²) < 4.78 is 10.9. The largest absolute Gasteiger partial charge is 0.496 e. The zero-order chi connectivity index (χ0) is 19.8. The predicted octanol–water partition coefficient (Wildman–Crippen LogP) is 3.15. The Kier molecular flexibility index (Phi) is 7.97. The Balaban J connectivity index is 1.60. The maximum absolute atomic E-state index is 6.04. The van der Waals surface area contributed by atoms with Crippen LogP contribution in [0.3, 0.4) is 0 Å². The van der Waals surface area contributed by atoms with Crippen LogP contribution in [0.2, 0.25) is 5.02 Å². The molecule has 28 heavy (non-hydrogen) atoms. The molecule has 1 atom stereocenters. The van der Waals surface area contributed by atoms with Gasteiger partial charge in [-0.05, 0) is 23.6 Å². The molecule has 1 saturated heterocycles. The van der Waals surface area contributed by atoms with E-state index in [0.29, 0.717) is 17.6 Å². The first-order valence-corrected chi connectivity index (χ1v) is 10.6. The molecule has 0 amide bonds. The second-order valence-electron chi connectivity index (χ2n) is 6.44. The Morgan fingerprint density at radius 1 is 1.32 bits per heavy atom. The Hall–Kier alpha value is -1.80. The number of nitrogens with one attached hydrogen (secondary N) is 2. The molecule has 152 valence electrons. The number of halogens is 1. The third kappa shape index (κ3) is 5.61. The number of aliphatic imine (C=N–C) groups is 1. The van der Waals surface area contributed by atoms with Crippen molar-refractivity contribution < 1.29 is 9.47 Å². The van der Waals surface area contributed by atoms with Gasteiger partial charge in [0, 0.05) is 48.7 Å². The van der Waals surface area contributed by atoms with E-state index in [1.165, 1.54) is 4.88 Å². The van der Waals surface area contributed by atoms with Crippen molar-refractivity contribution >= 4 is 28.9 Å². The van der Waals surface area contributed by atoms with Crippen molar-refractivity contribution in [2.24, 2.45) is 4.99 Å². The topological polar surface area (TPSA) is 58.1 Å². The molecular formula is C20H27ClN4O2S. The SMILES string of the molecule is CN=C(NCc1ccc(Cl)cc1OC)NCC(c1cccs1)N1CCOCC1. The Labute approximate surface area is 175 Å². The maximum Gasteiger partial charge on any atom is 0.191 e. The lowest BCUT2D eigenvalue weighted by molar-refractivity contribution is 0.0177. The number of methoxy groups -OCH3 is 1. The van der Waals surface area contributed by atoms with Crippen LogP contribution in [0, 0.1) is 0 Å². The van der Waals surface area contributed by atoms with E-state index in [2.05, 4.69) is 38.0 Å². The van der Waals surface area contributed by atoms with Gasteiger partial charge in [0.05, 0.1) is 26.4 Å². The van der Waals surface area contributed by atoms with Crippen molar-refractivity contribution in [2.45, 2.75) is 12.6 Å². The van der Waals surface area contributed by atoms with Gasteiger partial charge in [-0.25, -0.2) is 0 Å². The van der Waals surface area contributed by atoms with Crippen molar-refractivity contribution in [3.63, 3.8) is 0 Å². The molecule has 6 nitrogen and oxygen atoms in total. The number of nitrogens with zero attached hydrogens (tertiary/aromatic N) is 2. The maximum atomic E-state index is 6.04. The molecule has 0 aliphatic carbocycles. The zero-order valence-electron chi connectivity index (χ0n) is 16.3. The molecule has 1 unspecified atom stereocenters. The molecule has 1 aliphatic rings. The summed E-state index contributed by atoms with van der Waals surface area (Å²) in [6.07, 6.45) is 0. The van der Waals surface area contributed by atoms with Gasteiger partial charge >= 0.3 is 0 Å². The van der Waals surface area contributed by atoms with Gasteiger partial charge in [-0.3, -0.25) is 9.89 Å². The fourth-order valence-corrected chi connectivity index (χ4v) is 4.26. The summed E-state index contributed by atoms with van der Waals surface area (Å²) in [5.74, 6) is 1.52. The molecule has 0 saturated carbocycles. The number of ether oxygens (including phenoxy) is 2. The van der Waals surface area contributed by atoms with Crippen molar-refractivity contribution in [3.8, 4) is 5.75 Å². The van der Waals surface area contributed by atoms with E-state index < -0.39 is 0 Å². The van der Waals surface area contributed by atoms with E-state index in [4.69, 9.17) is 21.1 Å². The first kappa shape index (κ1) is 20.9. The highest BCUT2D eigenvalue weighted by atomic mass is 35.5. The van der Waals surface area contributed by atoms with Crippen LogP contribution in [0.15, 0.2) is 40.7 Å². The standard InChI is InChI=1S/C20H27ClN4O2S/c1-22-20(23-13-15-5-6-16(21)12-18(15)26-2)24-14-17(19-4-3-11-28-19)25-7-9-27-10-8-25/h3-6,11-12,17H,7-10,13-14H2,1-2H3,(H2,22,23,24). The number of hydrogen-bond acceptors (Lipinski definition) is 5. The van der Waals surface area contributed by atoms with Gasteiger partial charge < -0.3 is 20.1 Å². The summed E-state index contributed by atoms with van der Waals surface area (Å²) in [4.78, 5) is 8.18. The van der Waals surface area contributed by atoms with Crippen LogP contribution >= 0.6 is 22.9 Å². The summed E-state index contributed by atoms with van der Waals surface area (Å²) in [5.41, 5.74) is 1.03. The number of thiophene rings is 1. The highest BCUT2D eigenvalue weighted by molar-refractivity contribution is 7.10. The minimum Gasteiger partial charge on any atom is -0.496 e. The van der Waals surface area contributed by atoms with E-state index in [1.807, 2.05) is 18.2 Å². The van der Waals surface area contributed by atoms with Gasteiger partial charge in [-0.15, -0.1) is 11.3 Å². The van der Waals surface area contributed by atoms with E-state index >= 15 is 0 Å². The molecule has 1 aliphatic heterocycles. The third-order valence-corrected chi connectivity index (χ3v) is 5.95. The molecule has 2 N–H and O–H groups in total. The lowest BCUT2D eigenvalue weighted by atomic mass is 10.2. The van der Waals surface area contributed by atoms with Gasteiger partial charge in [-0.2, -0.15) is 0 Å². The van der Waals surface area contributed by atoms with Crippen molar-refractivity contribution in [2.75, 3.05) is 47.0 Å². The number of hydrogen-bond donors (Lipinski definition) is 2. The number of rotatable bonds is 7. The number of morpholine rings is 1. The normalized spacial score (nSPS) is 16.6. The van der Waals surface area contributed by atoms with Gasteiger partial charge in [0.2, 0.25) is 0 Å². The second kappa shape index (κ2) is 10.7. The Morgan fingerprint density at radius 2 is 2.14 bits per heavy atom. The fourth-order valence-electron chi connectivity index (χ4n) is 3.24. The summed E-state index contributed by atoms with van der Waals surface area (Å²) in [7, 11) is 3.43. The average Bonchev–Trinajstić information content (AvgIpc) is 3.26. The van der Waals surface area contributed by atoms with E-state index in [1.54, 1.807) is 25.5 Å². The molecule has 1 aromatic heterocycles. The average molecular weight is 423 g/mol. The quantitative estimate of drug-likeness (QED) is 0.530. The van der Waals surface area contributed by atoms with Gasteiger partial charge in [-0.1, -0.05) is 23.7 Å². The first-order valence-electron chi connectivity index (χ1n) is 9.33. The number of benzene rings is 1. The summed E-state index contributed by atoms with van der Waals surface area (Å²) in [6.45, 7) is 4.83. The molecule has 2 aromatic rings. The van der Waals surface area contributed by atoms with Gasteiger partial charge in [0.15, 0.2) is 5.96 Å². The molecule has 0 spiro atoms. The first-order chi connectivity index (χ1) is 13.7. The molecule has 0 bridgehead atoms. The summed E-state index contributed by atoms with van der Waals surface area (Å²) in [6, 6.07) is 10.2. The van der Waals surface area contributed by atoms with Crippen LogP contribution in [-0.4, -0.2) is 57.9 Å². The highest BCUT2D eigenvalue weighted by Crippen LogP contribution is 2.25. The van der Waals surface area contributed by atoms with Gasteiger partial charge in [0.1, 0.15) is 5.75 Å². The molecule has 1 fully saturated rings. The van der Waals surface area contributed by atoms with Gasteiger partial charge in [0.25, 0.3) is 0 Å². The Morgan fingerprint density at radius 3 is 2.82 bits per heavy atom. The third-order valence-electron chi connectivity index (χ3n) is 4.74. The van der Waals surface area contributed by atoms with Crippen LogP contribution in [-0.2, 0) is 11.3 Å². The second-order valence-corrected chi connectivity index (χ2v) is 7.86. The van der Waals surface area contributed by atoms with Crippen molar-refractivity contribution in [1.29, 1.82) is 0 Å². The summed E-state index contributed by atoms with van der Waals surface area (Å²) in [5, 5.41) is 9.62. The summed E-state index contributed by atoms with van der Waals surface area (Å²) >= 11 is 7.83. The predicted molar refractivity (Wildman–Crippen MR) is 116 cm³/mol. The molecule has 8 heteroatoms. The number of guanidine groups is 1. The highest BCUT2D eigenvalue weighted by Gasteiger charge is 2.23. The lowest BCUT2D eigenvalue weighted by Gasteiger charge is -2.34. The van der Waals surface area contributed by atoms with Crippen molar-refractivity contribution in [1.82, 2.24) is 15.5 Å². The lowest BCUT2D eigenvalue weighted by Crippen LogP contribution is -2.46. The van der Waals surface area contributed by atoms with Crippen molar-refractivity contribution in [3.05, 3.63) is 51.2 Å². The van der Waals surface area contributed by atoms with Crippen LogP contribution < -0.4 is 15.4 Å². The molecule has 1 aromatic carbocycles. The van der Waals surface area contributed by atoms with Crippen LogP contribution in [0.4, 0.5) is 0 Å². The van der Waals surface area contributed by atoms with Crippen LogP contribution in [0.1, 0.15) is 16.5 Å². The fraction of sp³-hybridized carbons (Fsp3) is 0.450. The molecule has 0 radical (unpaired) electrons. The zero-order valence-corrected chi connectivity index (χ0v) is 17.9. The van der Waals surface area contributed by atoms with Crippen LogP contribution in [0.25, 0.3) is 0 Å². The Bertz CT molecular complexity index is 764.